The van der Waals surface area contributed by atoms with Crippen LogP contribution in [0.3, 0.4) is 0 Å². The number of hydrogen-bond donors (Lipinski definition) is 2. The minimum Gasteiger partial charge on any atom is -0.384 e. The van der Waals surface area contributed by atoms with Gasteiger partial charge in [-0.15, -0.1) is 12.4 Å². The van der Waals surface area contributed by atoms with Gasteiger partial charge in [-0.2, -0.15) is 0 Å². The highest BCUT2D eigenvalue weighted by atomic mass is 35.5. The van der Waals surface area contributed by atoms with Gasteiger partial charge in [0.25, 0.3) is 0 Å². The van der Waals surface area contributed by atoms with E-state index >= 15 is 0 Å². The molecule has 0 saturated carbocycles. The summed E-state index contributed by atoms with van der Waals surface area (Å²) in [4.78, 5) is 10.8. The van der Waals surface area contributed by atoms with Gasteiger partial charge in [-0.1, -0.05) is 6.07 Å². The fourth-order valence-electron chi connectivity index (χ4n) is 1.44. The third-order valence-electron chi connectivity index (χ3n) is 2.10. The van der Waals surface area contributed by atoms with Gasteiger partial charge < -0.3 is 11.1 Å². The van der Waals surface area contributed by atoms with E-state index in [2.05, 4.69) is 5.32 Å². The Hall–Kier alpha value is -1.22. The zero-order chi connectivity index (χ0) is 8.55. The van der Waals surface area contributed by atoms with Crippen molar-refractivity contribution in [2.24, 2.45) is 5.73 Å². The van der Waals surface area contributed by atoms with Crippen molar-refractivity contribution in [3.63, 3.8) is 0 Å². The average molecular weight is 199 g/mol. The summed E-state index contributed by atoms with van der Waals surface area (Å²) in [6, 6.07) is 5.54. The van der Waals surface area contributed by atoms with E-state index in [0.29, 0.717) is 5.56 Å². The molecule has 3 N–H and O–H groups in total. The van der Waals surface area contributed by atoms with Crippen molar-refractivity contribution in [1.82, 2.24) is 0 Å². The van der Waals surface area contributed by atoms with Gasteiger partial charge in [0.05, 0.1) is 0 Å². The third kappa shape index (κ3) is 1.75. The number of carbonyl (C=O) groups excluding carboxylic acids is 1. The quantitative estimate of drug-likeness (QED) is 0.712. The Morgan fingerprint density at radius 1 is 1.46 bits per heavy atom. The molecule has 13 heavy (non-hydrogen) atoms. The maximum absolute atomic E-state index is 10.8. The smallest absolute Gasteiger partial charge is 0.248 e. The second-order valence-electron chi connectivity index (χ2n) is 2.91. The number of fused-ring (bicyclic) bond motifs is 1. The zero-order valence-electron chi connectivity index (χ0n) is 7.04. The summed E-state index contributed by atoms with van der Waals surface area (Å²) in [5.74, 6) is -0.369. The first-order valence-corrected chi connectivity index (χ1v) is 3.94. The number of nitrogens with two attached hydrogens (primary N) is 1. The van der Waals surface area contributed by atoms with Crippen LogP contribution >= 0.6 is 12.4 Å². The Morgan fingerprint density at radius 2 is 2.23 bits per heavy atom. The minimum absolute atomic E-state index is 0. The molecule has 1 aromatic rings. The van der Waals surface area contributed by atoms with E-state index in [9.17, 15) is 4.79 Å². The Labute approximate surface area is 82.7 Å². The topological polar surface area (TPSA) is 55.1 Å². The van der Waals surface area contributed by atoms with Crippen molar-refractivity contribution in [2.75, 3.05) is 11.9 Å². The lowest BCUT2D eigenvalue weighted by Crippen LogP contribution is -2.10. The Kier molecular flexibility index (Phi) is 2.78. The lowest BCUT2D eigenvalue weighted by molar-refractivity contribution is 0.100. The van der Waals surface area contributed by atoms with Gasteiger partial charge in [0, 0.05) is 17.8 Å². The molecule has 1 aromatic carbocycles. The summed E-state index contributed by atoms with van der Waals surface area (Å²) in [5, 5.41) is 3.19. The van der Waals surface area contributed by atoms with Crippen molar-refractivity contribution in [3.8, 4) is 0 Å². The number of anilines is 1. The number of rotatable bonds is 1. The van der Waals surface area contributed by atoms with Crippen LogP contribution in [0.15, 0.2) is 18.2 Å². The molecule has 0 fully saturated rings. The summed E-state index contributed by atoms with van der Waals surface area (Å²) in [7, 11) is 0. The molecule has 0 unspecified atom stereocenters. The molecule has 1 amide bonds. The van der Waals surface area contributed by atoms with Crippen LogP contribution in [0.2, 0.25) is 0 Å². The van der Waals surface area contributed by atoms with Crippen LogP contribution in [0.25, 0.3) is 0 Å². The molecule has 0 saturated heterocycles. The Bertz CT molecular complexity index is 338. The van der Waals surface area contributed by atoms with Crippen molar-refractivity contribution in [3.05, 3.63) is 29.3 Å². The summed E-state index contributed by atoms with van der Waals surface area (Å²) < 4.78 is 0. The monoisotopic (exact) mass is 198 g/mol. The number of hydrogen-bond acceptors (Lipinski definition) is 2. The van der Waals surface area contributed by atoms with Gasteiger partial charge >= 0.3 is 0 Å². The molecule has 0 aromatic heterocycles. The molecule has 0 aliphatic carbocycles. The molecule has 3 nitrogen and oxygen atoms in total. The molecular formula is C9H11ClN2O. The maximum Gasteiger partial charge on any atom is 0.248 e. The van der Waals surface area contributed by atoms with E-state index in [0.717, 1.165) is 18.7 Å². The number of halogens is 1. The zero-order valence-corrected chi connectivity index (χ0v) is 7.86. The second kappa shape index (κ2) is 3.66. The molecule has 1 aliphatic heterocycles. The molecule has 1 heterocycles. The predicted octanol–water partition coefficient (Wildman–Crippen LogP) is 1.18. The largest absolute Gasteiger partial charge is 0.384 e. The van der Waals surface area contributed by atoms with E-state index in [1.807, 2.05) is 12.1 Å². The first-order valence-electron chi connectivity index (χ1n) is 3.94. The fourth-order valence-corrected chi connectivity index (χ4v) is 1.44. The van der Waals surface area contributed by atoms with Crippen molar-refractivity contribution in [1.29, 1.82) is 0 Å². The van der Waals surface area contributed by atoms with Crippen LogP contribution < -0.4 is 11.1 Å². The molecule has 1 aliphatic rings. The summed E-state index contributed by atoms with van der Waals surface area (Å²) in [6.45, 7) is 0.956. The van der Waals surface area contributed by atoms with E-state index in [1.165, 1.54) is 5.56 Å². The Balaban J connectivity index is 0.000000845. The van der Waals surface area contributed by atoms with Crippen molar-refractivity contribution in [2.45, 2.75) is 6.42 Å². The van der Waals surface area contributed by atoms with Gasteiger partial charge in [0.15, 0.2) is 0 Å². The third-order valence-corrected chi connectivity index (χ3v) is 2.10. The van der Waals surface area contributed by atoms with Gasteiger partial charge in [-0.25, -0.2) is 0 Å². The van der Waals surface area contributed by atoms with Gasteiger partial charge in [-0.05, 0) is 24.1 Å². The summed E-state index contributed by atoms with van der Waals surface area (Å²) >= 11 is 0. The Morgan fingerprint density at radius 3 is 2.92 bits per heavy atom. The van der Waals surface area contributed by atoms with E-state index in [1.54, 1.807) is 6.07 Å². The summed E-state index contributed by atoms with van der Waals surface area (Å²) in [6.07, 6.45) is 1.04. The number of amides is 1. The first kappa shape index (κ1) is 9.86. The first-order chi connectivity index (χ1) is 5.77. The van der Waals surface area contributed by atoms with Gasteiger partial charge in [0.1, 0.15) is 0 Å². The molecule has 0 spiro atoms. The maximum atomic E-state index is 10.8. The molecule has 4 heteroatoms. The van der Waals surface area contributed by atoms with E-state index in [-0.39, 0.29) is 18.3 Å². The molecule has 0 atom stereocenters. The lowest BCUT2D eigenvalue weighted by atomic mass is 10.1. The molecule has 2 rings (SSSR count). The van der Waals surface area contributed by atoms with Crippen molar-refractivity contribution < 1.29 is 4.79 Å². The predicted molar refractivity (Wildman–Crippen MR) is 54.4 cm³/mol. The number of benzene rings is 1. The normalized spacial score (nSPS) is 12.6. The van der Waals surface area contributed by atoms with E-state index < -0.39 is 0 Å². The highest BCUT2D eigenvalue weighted by Crippen LogP contribution is 2.22. The second-order valence-corrected chi connectivity index (χ2v) is 2.91. The molecule has 0 bridgehead atoms. The average Bonchev–Trinajstić information content (AvgIpc) is 2.49. The highest BCUT2D eigenvalue weighted by Gasteiger charge is 2.11. The van der Waals surface area contributed by atoms with Crippen LogP contribution in [0.5, 0.6) is 0 Å². The van der Waals surface area contributed by atoms with Crippen LogP contribution in [0, 0.1) is 0 Å². The number of carbonyl (C=O) groups is 1. The van der Waals surface area contributed by atoms with E-state index in [4.69, 9.17) is 5.73 Å². The van der Waals surface area contributed by atoms with Crippen LogP contribution in [-0.4, -0.2) is 12.5 Å². The van der Waals surface area contributed by atoms with Gasteiger partial charge in [-0.3, -0.25) is 4.79 Å². The highest BCUT2D eigenvalue weighted by molar-refractivity contribution is 5.94. The van der Waals surface area contributed by atoms with Crippen LogP contribution in [0.1, 0.15) is 15.9 Å². The molecular weight excluding hydrogens is 188 g/mol. The van der Waals surface area contributed by atoms with Crippen molar-refractivity contribution >= 4 is 24.0 Å². The van der Waals surface area contributed by atoms with Crippen LogP contribution in [0.4, 0.5) is 5.69 Å². The summed E-state index contributed by atoms with van der Waals surface area (Å²) in [5.41, 5.74) is 8.02. The minimum atomic E-state index is -0.369. The number of nitrogens with one attached hydrogen (secondary N) is 1. The fraction of sp³-hybridized carbons (Fsp3) is 0.222. The lowest BCUT2D eigenvalue weighted by Gasteiger charge is -2.00. The number of primary amides is 1. The standard InChI is InChI=1S/C9H10N2O.ClH/c10-9(12)7-2-1-6-3-4-11-8(6)5-7;/h1-2,5,11H,3-4H2,(H2,10,12);1H. The van der Waals surface area contributed by atoms with Crippen LogP contribution in [-0.2, 0) is 6.42 Å². The molecule has 70 valence electrons. The SMILES string of the molecule is Cl.NC(=O)c1ccc2c(c1)NCC2. The van der Waals surface area contributed by atoms with Gasteiger partial charge in [0.2, 0.25) is 5.91 Å². The molecule has 0 radical (unpaired) electrons.